The summed E-state index contributed by atoms with van der Waals surface area (Å²) in [6, 6.07) is 0. The topological polar surface area (TPSA) is 136 Å². The molecule has 0 N–H and O–H groups in total. The summed E-state index contributed by atoms with van der Waals surface area (Å²) >= 11 is 0. The molecular weight excluding hydrogens is 370 g/mol. The Bertz CT molecular complexity index is 157. The molecule has 0 bridgehead atoms. The van der Waals surface area contributed by atoms with Crippen molar-refractivity contribution in [2.45, 2.75) is 0 Å². The molecule has 0 fully saturated rings. The second-order valence-electron chi connectivity index (χ2n) is 0.976. The molecule has 0 amide bonds. The predicted octanol–water partition coefficient (Wildman–Crippen LogP) is -3.35. The summed E-state index contributed by atoms with van der Waals surface area (Å²) in [5.41, 5.74) is 0. The molecule has 12 heavy (non-hydrogen) atoms. The van der Waals surface area contributed by atoms with Gasteiger partial charge >= 0.3 is 58.4 Å². The van der Waals surface area contributed by atoms with Crippen LogP contribution in [0.4, 0.5) is 0 Å². The fourth-order valence-corrected chi connectivity index (χ4v) is 1.10. The van der Waals surface area contributed by atoms with Gasteiger partial charge in [-0.1, -0.05) is 0 Å². The first-order chi connectivity index (χ1) is 3.71. The molecule has 0 saturated carbocycles. The zero-order valence-corrected chi connectivity index (χ0v) is 16.6. The molecule has 0 spiro atoms. The summed E-state index contributed by atoms with van der Waals surface area (Å²) in [4.78, 5) is 37.3. The van der Waals surface area contributed by atoms with E-state index >= 15 is 0 Å². The average molecular weight is 370 g/mol. The number of hydrogen-bond acceptors (Lipinski definition) is 7. The van der Waals surface area contributed by atoms with Crippen molar-refractivity contribution < 1.29 is 91.4 Å². The van der Waals surface area contributed by atoms with Crippen LogP contribution in [0.1, 0.15) is 0 Å². The van der Waals surface area contributed by atoms with E-state index in [0.717, 1.165) is 0 Å². The molecule has 0 aliphatic heterocycles. The van der Waals surface area contributed by atoms with Crippen LogP contribution in [0.3, 0.4) is 0 Å². The Kier molecular flexibility index (Phi) is 16.7. The monoisotopic (exact) mass is 366 g/mol. The fraction of sp³-hybridized carbons (Fsp3) is 0. The molecule has 0 aromatic rings. The van der Waals surface area contributed by atoms with Crippen molar-refractivity contribution in [1.29, 1.82) is 0 Å². The van der Waals surface area contributed by atoms with Gasteiger partial charge in [0.1, 0.15) is 0 Å². The molecule has 0 unspecified atom stereocenters. The van der Waals surface area contributed by atoms with Gasteiger partial charge in [0, 0.05) is 0 Å². The van der Waals surface area contributed by atoms with Crippen molar-refractivity contribution in [2.75, 3.05) is 0 Å². The maximum atomic E-state index is 9.32. The molecular formula is O7P2Zn3+2. The van der Waals surface area contributed by atoms with E-state index in [2.05, 4.69) is 4.31 Å². The zero-order chi connectivity index (χ0) is 7.71. The molecule has 0 atom stereocenters. The summed E-state index contributed by atoms with van der Waals surface area (Å²) in [6.07, 6.45) is 0. The summed E-state index contributed by atoms with van der Waals surface area (Å²) in [5, 5.41) is 0. The molecule has 0 aliphatic rings. The Hall–Kier alpha value is 2.13. The van der Waals surface area contributed by atoms with Crippen molar-refractivity contribution >= 4 is 15.6 Å². The van der Waals surface area contributed by atoms with Crippen LogP contribution < -0.4 is 19.6 Å². The predicted molar refractivity (Wildman–Crippen MR) is 16.3 cm³/mol. The normalized spacial score (nSPS) is 10.3. The second kappa shape index (κ2) is 8.44. The summed E-state index contributed by atoms with van der Waals surface area (Å²) < 4.78 is 21.2. The van der Waals surface area contributed by atoms with E-state index < -0.39 is 15.6 Å². The first-order valence-electron chi connectivity index (χ1n) is 1.46. The summed E-state index contributed by atoms with van der Waals surface area (Å²) in [6.45, 7) is 0. The van der Waals surface area contributed by atoms with E-state index in [9.17, 15) is 28.7 Å². The van der Waals surface area contributed by atoms with Crippen LogP contribution in [0, 0.1) is 0 Å². The molecule has 0 aromatic carbocycles. The number of phosphoric acid groups is 2. The standard InChI is InChI=1S/H4O7P2.3Zn/c1-8(2,3)7-9(4,5)6;;;/h(H2,1,2,3)(H2,4,5,6);;;/q;3*+2/p-4. The van der Waals surface area contributed by atoms with Gasteiger partial charge in [0.25, 0.3) is 0 Å². The molecule has 7 nitrogen and oxygen atoms in total. The SMILES string of the molecule is O=P([O-])([O-])OP(=O)([O-])[O-].[Zn+2].[Zn+2].[Zn+2]. The van der Waals surface area contributed by atoms with E-state index in [4.69, 9.17) is 0 Å². The van der Waals surface area contributed by atoms with Crippen molar-refractivity contribution in [1.82, 2.24) is 0 Å². The van der Waals surface area contributed by atoms with Gasteiger partial charge in [0.15, 0.2) is 0 Å². The molecule has 0 saturated heterocycles. The van der Waals surface area contributed by atoms with E-state index in [1.165, 1.54) is 0 Å². The third-order valence-corrected chi connectivity index (χ3v) is 1.80. The van der Waals surface area contributed by atoms with Crippen LogP contribution in [0.2, 0.25) is 0 Å². The van der Waals surface area contributed by atoms with Gasteiger partial charge in [-0.15, -0.1) is 0 Å². The van der Waals surface area contributed by atoms with Crippen molar-refractivity contribution in [3.63, 3.8) is 0 Å². The Morgan fingerprint density at radius 2 is 0.917 bits per heavy atom. The Morgan fingerprint density at radius 3 is 0.917 bits per heavy atom. The fourth-order valence-electron chi connectivity index (χ4n) is 0.122. The molecule has 0 aromatic heterocycles. The van der Waals surface area contributed by atoms with E-state index in [1.807, 2.05) is 0 Å². The van der Waals surface area contributed by atoms with Gasteiger partial charge < -0.3 is 33.0 Å². The Balaban J connectivity index is -0.000000107. The van der Waals surface area contributed by atoms with E-state index in [1.54, 1.807) is 0 Å². The molecule has 0 heterocycles. The first kappa shape index (κ1) is 23.7. The van der Waals surface area contributed by atoms with Crippen LogP contribution in [0.15, 0.2) is 0 Å². The smallest absolute Gasteiger partial charge is 0.790 e. The van der Waals surface area contributed by atoms with Gasteiger partial charge in [0.05, 0.1) is 15.6 Å². The van der Waals surface area contributed by atoms with Gasteiger partial charge in [-0.3, -0.25) is 0 Å². The quantitative estimate of drug-likeness (QED) is 0.366. The van der Waals surface area contributed by atoms with Crippen LogP contribution in [0.5, 0.6) is 0 Å². The molecule has 0 rings (SSSR count). The maximum Gasteiger partial charge on any atom is 2.00 e. The van der Waals surface area contributed by atoms with E-state index in [-0.39, 0.29) is 58.4 Å². The van der Waals surface area contributed by atoms with Gasteiger partial charge in [-0.2, -0.15) is 0 Å². The van der Waals surface area contributed by atoms with E-state index in [0.29, 0.717) is 0 Å². The van der Waals surface area contributed by atoms with Gasteiger partial charge in [-0.05, 0) is 0 Å². The van der Waals surface area contributed by atoms with Crippen LogP contribution in [-0.2, 0) is 71.9 Å². The Labute approximate surface area is 106 Å². The first-order valence-corrected chi connectivity index (χ1v) is 4.38. The minimum atomic E-state index is -5.68. The number of hydrogen-bond donors (Lipinski definition) is 0. The molecule has 56 valence electrons. The van der Waals surface area contributed by atoms with Crippen molar-refractivity contribution in [2.24, 2.45) is 0 Å². The van der Waals surface area contributed by atoms with Crippen molar-refractivity contribution in [3.8, 4) is 0 Å². The molecule has 0 aliphatic carbocycles. The largest absolute Gasteiger partial charge is 2.00 e. The van der Waals surface area contributed by atoms with Crippen LogP contribution >= 0.6 is 15.6 Å². The minimum absolute atomic E-state index is 0. The van der Waals surface area contributed by atoms with Gasteiger partial charge in [-0.25, -0.2) is 0 Å². The maximum absolute atomic E-state index is 9.32. The van der Waals surface area contributed by atoms with Gasteiger partial charge in [0.2, 0.25) is 0 Å². The molecule has 12 heteroatoms. The zero-order valence-electron chi connectivity index (χ0n) is 5.87. The third kappa shape index (κ3) is 22.7. The summed E-state index contributed by atoms with van der Waals surface area (Å²) in [5.74, 6) is 0. The number of rotatable bonds is 2. The third-order valence-electron chi connectivity index (χ3n) is 0.200. The van der Waals surface area contributed by atoms with Crippen LogP contribution in [0.25, 0.3) is 0 Å². The van der Waals surface area contributed by atoms with Crippen molar-refractivity contribution in [3.05, 3.63) is 0 Å². The minimum Gasteiger partial charge on any atom is -0.790 e. The average Bonchev–Trinajstić information content (AvgIpc) is 1.14. The Morgan fingerprint density at radius 1 is 0.750 bits per heavy atom. The summed E-state index contributed by atoms with van der Waals surface area (Å²) in [7, 11) is -11.4. The molecule has 0 radical (unpaired) electrons. The van der Waals surface area contributed by atoms with Crippen LogP contribution in [-0.4, -0.2) is 0 Å². The second-order valence-corrected chi connectivity index (χ2v) is 3.42.